The Hall–Kier alpha value is -0.970. The highest BCUT2D eigenvalue weighted by atomic mass is 35.5. The number of aromatic nitrogens is 2. The standard InChI is InChI=1S/C12H14ClN3S/c1-16-7-6-15-12(16)17-11-3-2-9(4-5-14)8-10(11)13/h2-3,6-8H,4-5,14H2,1H3. The van der Waals surface area contributed by atoms with Crippen molar-refractivity contribution < 1.29 is 0 Å². The molecule has 0 aliphatic heterocycles. The van der Waals surface area contributed by atoms with Crippen LogP contribution in [-0.4, -0.2) is 16.1 Å². The zero-order valence-corrected chi connectivity index (χ0v) is 11.1. The molecule has 0 radical (unpaired) electrons. The van der Waals surface area contributed by atoms with Crippen LogP contribution in [0.15, 0.2) is 40.6 Å². The first-order chi connectivity index (χ1) is 8.20. The quantitative estimate of drug-likeness (QED) is 0.926. The van der Waals surface area contributed by atoms with Crippen LogP contribution >= 0.6 is 23.4 Å². The molecular formula is C12H14ClN3S. The summed E-state index contributed by atoms with van der Waals surface area (Å²) in [5, 5.41) is 1.68. The lowest BCUT2D eigenvalue weighted by Gasteiger charge is -2.06. The molecule has 17 heavy (non-hydrogen) atoms. The van der Waals surface area contributed by atoms with Crippen LogP contribution in [0.1, 0.15) is 5.56 Å². The molecular weight excluding hydrogens is 254 g/mol. The van der Waals surface area contributed by atoms with Crippen LogP contribution in [0.2, 0.25) is 5.02 Å². The molecule has 2 N–H and O–H groups in total. The number of hydrogen-bond donors (Lipinski definition) is 1. The summed E-state index contributed by atoms with van der Waals surface area (Å²) >= 11 is 7.80. The fraction of sp³-hybridized carbons (Fsp3) is 0.250. The van der Waals surface area contributed by atoms with Gasteiger partial charge in [-0.05, 0) is 30.7 Å². The molecule has 0 saturated carbocycles. The zero-order chi connectivity index (χ0) is 12.3. The van der Waals surface area contributed by atoms with Gasteiger partial charge >= 0.3 is 0 Å². The minimum absolute atomic E-state index is 0.641. The summed E-state index contributed by atoms with van der Waals surface area (Å²) < 4.78 is 1.97. The van der Waals surface area contributed by atoms with Crippen molar-refractivity contribution in [3.05, 3.63) is 41.2 Å². The Labute approximate surface area is 110 Å². The van der Waals surface area contributed by atoms with Crippen molar-refractivity contribution in [2.24, 2.45) is 12.8 Å². The van der Waals surface area contributed by atoms with Crippen LogP contribution in [0.25, 0.3) is 0 Å². The number of aryl methyl sites for hydroxylation is 1. The Morgan fingerprint density at radius 3 is 2.88 bits per heavy atom. The van der Waals surface area contributed by atoms with Gasteiger partial charge in [-0.15, -0.1) is 0 Å². The maximum atomic E-state index is 6.24. The van der Waals surface area contributed by atoms with E-state index < -0.39 is 0 Å². The van der Waals surface area contributed by atoms with Gasteiger partial charge in [-0.1, -0.05) is 29.4 Å². The highest BCUT2D eigenvalue weighted by molar-refractivity contribution is 7.99. The van der Waals surface area contributed by atoms with Gasteiger partial charge in [0.2, 0.25) is 0 Å². The Morgan fingerprint density at radius 2 is 2.29 bits per heavy atom. The molecule has 2 aromatic rings. The second-order valence-electron chi connectivity index (χ2n) is 3.73. The topological polar surface area (TPSA) is 43.8 Å². The van der Waals surface area contributed by atoms with Crippen molar-refractivity contribution in [1.82, 2.24) is 9.55 Å². The minimum Gasteiger partial charge on any atom is -0.330 e. The third-order valence-electron chi connectivity index (χ3n) is 2.41. The number of halogens is 1. The van der Waals surface area contributed by atoms with Crippen molar-refractivity contribution in [3.63, 3.8) is 0 Å². The van der Waals surface area contributed by atoms with Gasteiger partial charge < -0.3 is 10.3 Å². The monoisotopic (exact) mass is 267 g/mol. The molecule has 0 aliphatic rings. The van der Waals surface area contributed by atoms with Crippen LogP contribution in [0, 0.1) is 0 Å². The molecule has 3 nitrogen and oxygen atoms in total. The molecule has 90 valence electrons. The summed E-state index contributed by atoms with van der Waals surface area (Å²) in [6.07, 6.45) is 4.55. The van der Waals surface area contributed by atoms with E-state index in [0.29, 0.717) is 6.54 Å². The highest BCUT2D eigenvalue weighted by Crippen LogP contribution is 2.32. The van der Waals surface area contributed by atoms with Crippen LogP contribution in [-0.2, 0) is 13.5 Å². The summed E-state index contributed by atoms with van der Waals surface area (Å²) in [6.45, 7) is 0.641. The smallest absolute Gasteiger partial charge is 0.172 e. The second kappa shape index (κ2) is 5.58. The molecule has 0 saturated heterocycles. The number of hydrogen-bond acceptors (Lipinski definition) is 3. The minimum atomic E-state index is 0.641. The number of imidazole rings is 1. The van der Waals surface area contributed by atoms with Gasteiger partial charge in [0.15, 0.2) is 5.16 Å². The molecule has 0 aliphatic carbocycles. The first-order valence-electron chi connectivity index (χ1n) is 5.34. The van der Waals surface area contributed by atoms with Crippen LogP contribution in [0.3, 0.4) is 0 Å². The summed E-state index contributed by atoms with van der Waals surface area (Å²) in [5.41, 5.74) is 6.68. The number of benzene rings is 1. The van der Waals surface area contributed by atoms with Crippen molar-refractivity contribution in [2.45, 2.75) is 16.5 Å². The lowest BCUT2D eigenvalue weighted by atomic mass is 10.1. The normalized spacial score (nSPS) is 10.8. The summed E-state index contributed by atoms with van der Waals surface area (Å²) in [4.78, 5) is 5.27. The van der Waals surface area contributed by atoms with E-state index in [0.717, 1.165) is 21.5 Å². The fourth-order valence-corrected chi connectivity index (χ4v) is 2.62. The molecule has 1 aromatic carbocycles. The third kappa shape index (κ3) is 3.03. The van der Waals surface area contributed by atoms with Gasteiger partial charge in [-0.25, -0.2) is 4.98 Å². The highest BCUT2D eigenvalue weighted by Gasteiger charge is 2.07. The molecule has 0 amide bonds. The molecule has 0 spiro atoms. The summed E-state index contributed by atoms with van der Waals surface area (Å²) in [7, 11) is 1.96. The van der Waals surface area contributed by atoms with Crippen molar-refractivity contribution in [2.75, 3.05) is 6.54 Å². The lowest BCUT2D eigenvalue weighted by Crippen LogP contribution is -2.02. The van der Waals surface area contributed by atoms with Crippen molar-refractivity contribution in [3.8, 4) is 0 Å². The summed E-state index contributed by atoms with van der Waals surface area (Å²) in [5.74, 6) is 0. The Kier molecular flexibility index (Phi) is 4.10. The fourth-order valence-electron chi connectivity index (χ4n) is 1.50. The Balaban J connectivity index is 2.19. The van der Waals surface area contributed by atoms with E-state index in [1.807, 2.05) is 29.9 Å². The second-order valence-corrected chi connectivity index (χ2v) is 5.14. The van der Waals surface area contributed by atoms with Crippen molar-refractivity contribution in [1.29, 1.82) is 0 Å². The average Bonchev–Trinajstić information content (AvgIpc) is 2.69. The van der Waals surface area contributed by atoms with E-state index in [2.05, 4.69) is 11.1 Å². The average molecular weight is 268 g/mol. The molecule has 0 fully saturated rings. The van der Waals surface area contributed by atoms with Gasteiger partial charge in [0.1, 0.15) is 0 Å². The van der Waals surface area contributed by atoms with Crippen LogP contribution < -0.4 is 5.73 Å². The summed E-state index contributed by atoms with van der Waals surface area (Å²) in [6, 6.07) is 6.05. The largest absolute Gasteiger partial charge is 0.330 e. The number of nitrogens with two attached hydrogens (primary N) is 1. The molecule has 1 heterocycles. The lowest BCUT2D eigenvalue weighted by molar-refractivity contribution is 0.790. The maximum Gasteiger partial charge on any atom is 0.172 e. The van der Waals surface area contributed by atoms with Gasteiger partial charge in [-0.2, -0.15) is 0 Å². The van der Waals surface area contributed by atoms with Gasteiger partial charge in [-0.3, -0.25) is 0 Å². The number of nitrogens with zero attached hydrogens (tertiary/aromatic N) is 2. The SMILES string of the molecule is Cn1ccnc1Sc1ccc(CCN)cc1Cl. The van der Waals surface area contributed by atoms with E-state index in [4.69, 9.17) is 17.3 Å². The molecule has 0 atom stereocenters. The molecule has 2 rings (SSSR count). The number of rotatable bonds is 4. The molecule has 1 aromatic heterocycles. The third-order valence-corrected chi connectivity index (χ3v) is 3.98. The van der Waals surface area contributed by atoms with E-state index in [1.165, 1.54) is 5.56 Å². The van der Waals surface area contributed by atoms with E-state index in [-0.39, 0.29) is 0 Å². The van der Waals surface area contributed by atoms with Gasteiger partial charge in [0.05, 0.1) is 5.02 Å². The first kappa shape index (κ1) is 12.5. The molecule has 0 bridgehead atoms. The first-order valence-corrected chi connectivity index (χ1v) is 6.54. The van der Waals surface area contributed by atoms with E-state index >= 15 is 0 Å². The molecule has 0 unspecified atom stereocenters. The predicted octanol–water partition coefficient (Wildman–Crippen LogP) is 2.73. The Morgan fingerprint density at radius 1 is 1.47 bits per heavy atom. The predicted molar refractivity (Wildman–Crippen MR) is 71.5 cm³/mol. The van der Waals surface area contributed by atoms with Crippen LogP contribution in [0.5, 0.6) is 0 Å². The molecule has 5 heteroatoms. The van der Waals surface area contributed by atoms with Crippen molar-refractivity contribution >= 4 is 23.4 Å². The Bertz CT molecular complexity index is 510. The van der Waals surface area contributed by atoms with E-state index in [9.17, 15) is 0 Å². The van der Waals surface area contributed by atoms with Gasteiger partial charge in [0.25, 0.3) is 0 Å². The van der Waals surface area contributed by atoms with Crippen LogP contribution in [0.4, 0.5) is 0 Å². The van der Waals surface area contributed by atoms with E-state index in [1.54, 1.807) is 18.0 Å². The maximum absolute atomic E-state index is 6.24. The van der Waals surface area contributed by atoms with Gasteiger partial charge in [0, 0.05) is 24.3 Å². The zero-order valence-electron chi connectivity index (χ0n) is 9.56.